The van der Waals surface area contributed by atoms with Crippen LogP contribution < -0.4 is 5.32 Å². The van der Waals surface area contributed by atoms with Gasteiger partial charge in [0.05, 0.1) is 18.3 Å². The molecule has 150 valence electrons. The zero-order chi connectivity index (χ0) is 20.6. The lowest BCUT2D eigenvalue weighted by atomic mass is 10.1. The molecule has 1 atom stereocenters. The number of ether oxygens (including phenoxy) is 1. The Morgan fingerprint density at radius 3 is 2.62 bits per heavy atom. The highest BCUT2D eigenvalue weighted by Crippen LogP contribution is 2.16. The lowest BCUT2D eigenvalue weighted by Gasteiger charge is -2.13. The van der Waals surface area contributed by atoms with Gasteiger partial charge in [0, 0.05) is 17.8 Å². The summed E-state index contributed by atoms with van der Waals surface area (Å²) in [5.41, 5.74) is 2.30. The van der Waals surface area contributed by atoms with E-state index in [1.807, 2.05) is 48.5 Å². The van der Waals surface area contributed by atoms with Crippen LogP contribution in [-0.2, 0) is 22.5 Å². The third-order valence-corrected chi connectivity index (χ3v) is 4.74. The van der Waals surface area contributed by atoms with Gasteiger partial charge >= 0.3 is 5.97 Å². The summed E-state index contributed by atoms with van der Waals surface area (Å²) in [5, 5.41) is 7.58. The van der Waals surface area contributed by atoms with Crippen molar-refractivity contribution in [3.05, 3.63) is 88.7 Å². The maximum absolute atomic E-state index is 12.3. The van der Waals surface area contributed by atoms with Crippen LogP contribution in [0.25, 0.3) is 0 Å². The Balaban J connectivity index is 1.48. The van der Waals surface area contributed by atoms with Crippen molar-refractivity contribution in [1.29, 1.82) is 0 Å². The van der Waals surface area contributed by atoms with Gasteiger partial charge in [-0.3, -0.25) is 9.48 Å². The highest BCUT2D eigenvalue weighted by atomic mass is 35.5. The van der Waals surface area contributed by atoms with Crippen LogP contribution in [0.15, 0.2) is 67.0 Å². The lowest BCUT2D eigenvalue weighted by molar-refractivity contribution is -0.129. The highest BCUT2D eigenvalue weighted by molar-refractivity contribution is 6.31. The van der Waals surface area contributed by atoms with E-state index >= 15 is 0 Å². The summed E-state index contributed by atoms with van der Waals surface area (Å²) in [6, 6.07) is 17.3. The molecule has 0 aliphatic heterocycles. The van der Waals surface area contributed by atoms with Gasteiger partial charge in [-0.05, 0) is 30.5 Å². The first-order valence-electron chi connectivity index (χ1n) is 9.31. The van der Waals surface area contributed by atoms with E-state index in [-0.39, 0.29) is 11.5 Å². The first-order valence-corrected chi connectivity index (χ1v) is 9.69. The number of hydrogen-bond acceptors (Lipinski definition) is 4. The van der Waals surface area contributed by atoms with Crippen LogP contribution in [0.3, 0.4) is 0 Å². The van der Waals surface area contributed by atoms with E-state index in [4.69, 9.17) is 16.3 Å². The summed E-state index contributed by atoms with van der Waals surface area (Å²) in [6.45, 7) is 2.45. The fraction of sp³-hybridized carbons (Fsp3) is 0.227. The van der Waals surface area contributed by atoms with E-state index in [0.29, 0.717) is 24.5 Å². The summed E-state index contributed by atoms with van der Waals surface area (Å²) in [7, 11) is 0. The van der Waals surface area contributed by atoms with E-state index in [1.54, 1.807) is 23.9 Å². The van der Waals surface area contributed by atoms with Crippen molar-refractivity contribution in [1.82, 2.24) is 15.1 Å². The summed E-state index contributed by atoms with van der Waals surface area (Å²) >= 11 is 6.15. The molecule has 0 radical (unpaired) electrons. The zero-order valence-corrected chi connectivity index (χ0v) is 16.8. The molecule has 2 aromatic carbocycles. The minimum absolute atomic E-state index is 0.279. The minimum atomic E-state index is -0.898. The molecule has 1 N–H and O–H groups in total. The monoisotopic (exact) mass is 411 g/mol. The van der Waals surface area contributed by atoms with Gasteiger partial charge in [0.1, 0.15) is 0 Å². The molecule has 0 bridgehead atoms. The predicted molar refractivity (Wildman–Crippen MR) is 111 cm³/mol. The first-order chi connectivity index (χ1) is 14.0. The second-order valence-corrected chi connectivity index (χ2v) is 7.00. The van der Waals surface area contributed by atoms with Crippen molar-refractivity contribution in [2.24, 2.45) is 0 Å². The number of carbonyl (C=O) groups is 2. The molecule has 1 heterocycles. The van der Waals surface area contributed by atoms with Gasteiger partial charge in [-0.2, -0.15) is 5.10 Å². The number of aromatic nitrogens is 2. The average Bonchev–Trinajstić information content (AvgIpc) is 3.19. The third kappa shape index (κ3) is 5.93. The molecule has 0 saturated heterocycles. The van der Waals surface area contributed by atoms with E-state index in [2.05, 4.69) is 10.4 Å². The maximum Gasteiger partial charge on any atom is 0.342 e. The van der Waals surface area contributed by atoms with Gasteiger partial charge in [-0.15, -0.1) is 0 Å². The molecular formula is C22H22ClN3O3. The van der Waals surface area contributed by atoms with Gasteiger partial charge in [0.15, 0.2) is 6.10 Å². The Hall–Kier alpha value is -3.12. The second-order valence-electron chi connectivity index (χ2n) is 6.59. The fourth-order valence-electron chi connectivity index (χ4n) is 2.76. The topological polar surface area (TPSA) is 73.2 Å². The molecule has 3 aromatic rings. The van der Waals surface area contributed by atoms with Crippen LogP contribution >= 0.6 is 11.6 Å². The SMILES string of the molecule is CC(OC(=O)c1cnn(Cc2ccccc2Cl)c1)C(=O)NCCc1ccccc1. The Bertz CT molecular complexity index is 972. The van der Waals surface area contributed by atoms with Crippen LogP contribution in [0.5, 0.6) is 0 Å². The number of carbonyl (C=O) groups excluding carboxylic acids is 2. The van der Waals surface area contributed by atoms with E-state index in [1.165, 1.54) is 6.20 Å². The number of rotatable bonds is 8. The smallest absolute Gasteiger partial charge is 0.342 e. The second kappa shape index (κ2) is 9.89. The number of esters is 1. The van der Waals surface area contributed by atoms with Crippen molar-refractivity contribution >= 4 is 23.5 Å². The van der Waals surface area contributed by atoms with Gasteiger partial charge < -0.3 is 10.1 Å². The molecule has 1 unspecified atom stereocenters. The Kier molecular flexibility index (Phi) is 7.03. The van der Waals surface area contributed by atoms with E-state index in [9.17, 15) is 9.59 Å². The van der Waals surface area contributed by atoms with Crippen LogP contribution in [-0.4, -0.2) is 34.3 Å². The molecule has 1 aromatic heterocycles. The molecule has 0 fully saturated rings. The summed E-state index contributed by atoms with van der Waals surface area (Å²) in [6.07, 6.45) is 2.80. The van der Waals surface area contributed by atoms with Crippen LogP contribution in [0.4, 0.5) is 0 Å². The number of nitrogens with zero attached hydrogens (tertiary/aromatic N) is 2. The Morgan fingerprint density at radius 2 is 1.86 bits per heavy atom. The molecule has 0 spiro atoms. The minimum Gasteiger partial charge on any atom is -0.449 e. The molecule has 6 nitrogen and oxygen atoms in total. The lowest BCUT2D eigenvalue weighted by Crippen LogP contribution is -2.36. The highest BCUT2D eigenvalue weighted by Gasteiger charge is 2.19. The Morgan fingerprint density at radius 1 is 1.14 bits per heavy atom. The molecule has 1 amide bonds. The number of amides is 1. The van der Waals surface area contributed by atoms with Crippen LogP contribution in [0.2, 0.25) is 5.02 Å². The van der Waals surface area contributed by atoms with Crippen molar-refractivity contribution in [3.63, 3.8) is 0 Å². The standard InChI is InChI=1S/C22H22ClN3O3/c1-16(21(27)24-12-11-17-7-3-2-4-8-17)29-22(28)19-13-25-26(15-19)14-18-9-5-6-10-20(18)23/h2-10,13,15-16H,11-12,14H2,1H3,(H,24,27). The Labute approximate surface area is 174 Å². The van der Waals surface area contributed by atoms with Crippen LogP contribution in [0, 0.1) is 0 Å². The van der Waals surface area contributed by atoms with E-state index in [0.717, 1.165) is 11.1 Å². The van der Waals surface area contributed by atoms with Crippen molar-refractivity contribution in [2.75, 3.05) is 6.54 Å². The summed E-state index contributed by atoms with van der Waals surface area (Å²) in [5.74, 6) is -0.932. The first kappa shape index (κ1) is 20.6. The molecule has 7 heteroatoms. The third-order valence-electron chi connectivity index (χ3n) is 4.37. The number of nitrogens with one attached hydrogen (secondary N) is 1. The normalized spacial score (nSPS) is 11.7. The van der Waals surface area contributed by atoms with Gasteiger partial charge in [0.2, 0.25) is 0 Å². The number of hydrogen-bond donors (Lipinski definition) is 1. The van der Waals surface area contributed by atoms with Crippen molar-refractivity contribution < 1.29 is 14.3 Å². The molecular weight excluding hydrogens is 390 g/mol. The largest absolute Gasteiger partial charge is 0.449 e. The molecule has 3 rings (SSSR count). The average molecular weight is 412 g/mol. The van der Waals surface area contributed by atoms with Crippen molar-refractivity contribution in [3.8, 4) is 0 Å². The molecule has 0 aliphatic carbocycles. The number of benzene rings is 2. The molecule has 0 saturated carbocycles. The van der Waals surface area contributed by atoms with Crippen LogP contribution in [0.1, 0.15) is 28.4 Å². The molecule has 29 heavy (non-hydrogen) atoms. The van der Waals surface area contributed by atoms with Gasteiger partial charge in [-0.1, -0.05) is 60.1 Å². The van der Waals surface area contributed by atoms with Gasteiger partial charge in [-0.25, -0.2) is 4.79 Å². The van der Waals surface area contributed by atoms with Gasteiger partial charge in [0.25, 0.3) is 5.91 Å². The van der Waals surface area contributed by atoms with Crippen molar-refractivity contribution in [2.45, 2.75) is 26.0 Å². The van der Waals surface area contributed by atoms with E-state index < -0.39 is 12.1 Å². The summed E-state index contributed by atoms with van der Waals surface area (Å²) < 4.78 is 6.86. The molecule has 0 aliphatic rings. The number of halogens is 1. The fourth-order valence-corrected chi connectivity index (χ4v) is 2.95. The summed E-state index contributed by atoms with van der Waals surface area (Å²) in [4.78, 5) is 24.5. The zero-order valence-electron chi connectivity index (χ0n) is 16.0. The quantitative estimate of drug-likeness (QED) is 0.576. The predicted octanol–water partition coefficient (Wildman–Crippen LogP) is 3.49. The maximum atomic E-state index is 12.3.